The molecule has 0 amide bonds. The average molecular weight is 352 g/mol. The molecule has 1 aromatic rings. The number of hydrogen-bond acceptors (Lipinski definition) is 4. The zero-order chi connectivity index (χ0) is 17.2. The minimum atomic E-state index is -3.10. The molecule has 1 aliphatic heterocycles. The number of sulfonamides is 1. The van der Waals surface area contributed by atoms with Crippen molar-refractivity contribution in [2.24, 2.45) is 0 Å². The zero-order valence-corrected chi connectivity index (χ0v) is 15.6. The summed E-state index contributed by atoms with van der Waals surface area (Å²) in [4.78, 5) is 2.47. The summed E-state index contributed by atoms with van der Waals surface area (Å²) >= 11 is 0. The fourth-order valence-corrected chi connectivity index (χ4v) is 4.41. The van der Waals surface area contributed by atoms with Gasteiger partial charge in [-0.05, 0) is 55.4 Å². The Morgan fingerprint density at radius 1 is 1.17 bits per heavy atom. The number of piperidine rings is 1. The monoisotopic (exact) mass is 351 g/mol. The van der Waals surface area contributed by atoms with Crippen molar-refractivity contribution >= 4 is 15.7 Å². The van der Waals surface area contributed by atoms with Crippen LogP contribution in [0, 0.1) is 0 Å². The van der Waals surface area contributed by atoms with Crippen LogP contribution < -0.4 is 10.2 Å². The van der Waals surface area contributed by atoms with Gasteiger partial charge in [0.25, 0.3) is 0 Å². The molecular formula is C18H29N3O2S. The van der Waals surface area contributed by atoms with Crippen molar-refractivity contribution in [2.45, 2.75) is 38.1 Å². The zero-order valence-electron chi connectivity index (χ0n) is 14.8. The molecule has 0 spiro atoms. The van der Waals surface area contributed by atoms with Crippen LogP contribution in [0.5, 0.6) is 0 Å². The molecule has 0 bridgehead atoms. The number of nitrogens with zero attached hydrogens (tertiary/aromatic N) is 2. The smallest absolute Gasteiger partial charge is 0.214 e. The molecule has 1 saturated heterocycles. The van der Waals surface area contributed by atoms with Crippen molar-refractivity contribution in [3.8, 4) is 0 Å². The van der Waals surface area contributed by atoms with Crippen molar-refractivity contribution in [1.82, 2.24) is 9.62 Å². The Bertz CT molecular complexity index is 665. The van der Waals surface area contributed by atoms with E-state index in [1.807, 2.05) is 0 Å². The van der Waals surface area contributed by atoms with E-state index in [1.165, 1.54) is 40.4 Å². The second-order valence-corrected chi connectivity index (χ2v) is 9.42. The lowest BCUT2D eigenvalue weighted by atomic mass is 10.0. The maximum Gasteiger partial charge on any atom is 0.214 e. The van der Waals surface area contributed by atoms with Crippen molar-refractivity contribution in [1.29, 1.82) is 0 Å². The van der Waals surface area contributed by atoms with Gasteiger partial charge >= 0.3 is 0 Å². The topological polar surface area (TPSA) is 52.7 Å². The molecule has 1 aromatic carbocycles. The highest BCUT2D eigenvalue weighted by molar-refractivity contribution is 7.89. The first kappa shape index (κ1) is 17.7. The second-order valence-electron chi connectivity index (χ2n) is 7.12. The van der Waals surface area contributed by atoms with Crippen molar-refractivity contribution in [3.05, 3.63) is 29.3 Å². The minimum absolute atomic E-state index is 0.172. The normalized spacial score (nSPS) is 19.0. The summed E-state index contributed by atoms with van der Waals surface area (Å²) in [5.41, 5.74) is 4.41. The van der Waals surface area contributed by atoms with Crippen LogP contribution in [0.4, 0.5) is 5.69 Å². The van der Waals surface area contributed by atoms with E-state index in [2.05, 4.69) is 28.4 Å². The SMILES string of the molecule is CN(C)S(=O)(=O)CCNC1CCN(c2ccc3c(c2)CCC3)CC1. The molecule has 3 rings (SSSR count). The van der Waals surface area contributed by atoms with E-state index in [9.17, 15) is 8.42 Å². The highest BCUT2D eigenvalue weighted by Crippen LogP contribution is 2.28. The number of hydrogen-bond donors (Lipinski definition) is 1. The summed E-state index contributed by atoms with van der Waals surface area (Å²) in [6.45, 7) is 2.61. The van der Waals surface area contributed by atoms with E-state index in [0.29, 0.717) is 12.6 Å². The van der Waals surface area contributed by atoms with Gasteiger partial charge < -0.3 is 10.2 Å². The van der Waals surface area contributed by atoms with Crippen LogP contribution in [-0.2, 0) is 22.9 Å². The van der Waals surface area contributed by atoms with E-state index in [-0.39, 0.29) is 5.75 Å². The van der Waals surface area contributed by atoms with E-state index >= 15 is 0 Å². The quantitative estimate of drug-likeness (QED) is 0.846. The molecule has 0 unspecified atom stereocenters. The molecule has 1 fully saturated rings. The standard InChI is InChI=1S/C18H29N3O2S/c1-20(2)24(22,23)13-10-19-17-8-11-21(12-9-17)18-7-6-15-4-3-5-16(15)14-18/h6-7,14,17,19H,3-5,8-13H2,1-2H3. The maximum atomic E-state index is 11.8. The van der Waals surface area contributed by atoms with Crippen LogP contribution in [0.15, 0.2) is 18.2 Å². The summed E-state index contributed by atoms with van der Waals surface area (Å²) < 4.78 is 24.9. The molecule has 134 valence electrons. The predicted molar refractivity (Wildman–Crippen MR) is 99.2 cm³/mol. The van der Waals surface area contributed by atoms with Gasteiger partial charge in [0, 0.05) is 45.5 Å². The number of aryl methyl sites for hydroxylation is 2. The Labute approximate surface area is 146 Å². The summed E-state index contributed by atoms with van der Waals surface area (Å²) in [7, 11) is 0.0772. The largest absolute Gasteiger partial charge is 0.371 e. The lowest BCUT2D eigenvalue weighted by molar-refractivity contribution is 0.421. The molecule has 1 N–H and O–H groups in total. The van der Waals surface area contributed by atoms with Crippen LogP contribution in [0.2, 0.25) is 0 Å². The van der Waals surface area contributed by atoms with Crippen molar-refractivity contribution in [2.75, 3.05) is 44.4 Å². The van der Waals surface area contributed by atoms with Gasteiger partial charge in [-0.1, -0.05) is 6.07 Å². The molecule has 24 heavy (non-hydrogen) atoms. The lowest BCUT2D eigenvalue weighted by Gasteiger charge is -2.34. The Morgan fingerprint density at radius 3 is 2.58 bits per heavy atom. The molecular weight excluding hydrogens is 322 g/mol. The fraction of sp³-hybridized carbons (Fsp3) is 0.667. The molecule has 0 aromatic heterocycles. The molecule has 1 aliphatic carbocycles. The van der Waals surface area contributed by atoms with Crippen LogP contribution >= 0.6 is 0 Å². The molecule has 0 atom stereocenters. The van der Waals surface area contributed by atoms with E-state index in [1.54, 1.807) is 14.1 Å². The number of anilines is 1. The fourth-order valence-electron chi connectivity index (χ4n) is 3.67. The first-order valence-electron chi connectivity index (χ1n) is 8.96. The third-order valence-corrected chi connectivity index (χ3v) is 7.12. The summed E-state index contributed by atoms with van der Waals surface area (Å²) in [6.07, 6.45) is 5.89. The van der Waals surface area contributed by atoms with Gasteiger partial charge in [-0.2, -0.15) is 0 Å². The first-order chi connectivity index (χ1) is 11.5. The lowest BCUT2D eigenvalue weighted by Crippen LogP contribution is -2.44. The van der Waals surface area contributed by atoms with Gasteiger partial charge in [0.1, 0.15) is 0 Å². The van der Waals surface area contributed by atoms with Crippen LogP contribution in [0.3, 0.4) is 0 Å². The summed E-state index contributed by atoms with van der Waals surface area (Å²) in [5, 5.41) is 3.41. The third-order valence-electron chi connectivity index (χ3n) is 5.29. The van der Waals surface area contributed by atoms with Crippen molar-refractivity contribution in [3.63, 3.8) is 0 Å². The van der Waals surface area contributed by atoms with Gasteiger partial charge in [0.05, 0.1) is 5.75 Å². The molecule has 1 heterocycles. The maximum absolute atomic E-state index is 11.8. The molecule has 0 saturated carbocycles. The third kappa shape index (κ3) is 4.10. The van der Waals surface area contributed by atoms with E-state index < -0.39 is 10.0 Å². The molecule has 0 radical (unpaired) electrons. The Kier molecular flexibility index (Phi) is 5.47. The van der Waals surface area contributed by atoms with Gasteiger partial charge in [0.2, 0.25) is 10.0 Å². The van der Waals surface area contributed by atoms with Gasteiger partial charge in [-0.25, -0.2) is 12.7 Å². The highest BCUT2D eigenvalue weighted by Gasteiger charge is 2.21. The number of fused-ring (bicyclic) bond motifs is 1. The van der Waals surface area contributed by atoms with Gasteiger partial charge in [0.15, 0.2) is 0 Å². The van der Waals surface area contributed by atoms with E-state index in [4.69, 9.17) is 0 Å². The summed E-state index contributed by atoms with van der Waals surface area (Å²) in [5.74, 6) is 0.172. The number of rotatable bonds is 6. The van der Waals surface area contributed by atoms with Gasteiger partial charge in [-0.15, -0.1) is 0 Å². The van der Waals surface area contributed by atoms with Crippen LogP contribution in [0.25, 0.3) is 0 Å². The first-order valence-corrected chi connectivity index (χ1v) is 10.6. The Morgan fingerprint density at radius 2 is 1.88 bits per heavy atom. The van der Waals surface area contributed by atoms with Crippen LogP contribution in [-0.4, -0.2) is 58.2 Å². The number of nitrogens with one attached hydrogen (secondary N) is 1. The number of benzene rings is 1. The molecule has 5 nitrogen and oxygen atoms in total. The predicted octanol–water partition coefficient (Wildman–Crippen LogP) is 1.63. The highest BCUT2D eigenvalue weighted by atomic mass is 32.2. The minimum Gasteiger partial charge on any atom is -0.371 e. The van der Waals surface area contributed by atoms with Gasteiger partial charge in [-0.3, -0.25) is 0 Å². The second kappa shape index (κ2) is 7.42. The Hall–Kier alpha value is -1.11. The van der Waals surface area contributed by atoms with Crippen LogP contribution in [0.1, 0.15) is 30.4 Å². The molecule has 6 heteroatoms. The summed E-state index contributed by atoms with van der Waals surface area (Å²) in [6, 6.07) is 7.36. The van der Waals surface area contributed by atoms with Crippen molar-refractivity contribution < 1.29 is 8.42 Å². The van der Waals surface area contributed by atoms with E-state index in [0.717, 1.165) is 25.9 Å². The average Bonchev–Trinajstić information content (AvgIpc) is 3.03. The Balaban J connectivity index is 1.46. The molecule has 2 aliphatic rings.